The fourth-order valence-electron chi connectivity index (χ4n) is 3.50. The van der Waals surface area contributed by atoms with Crippen LogP contribution in [0.2, 0.25) is 0 Å². The van der Waals surface area contributed by atoms with Crippen LogP contribution in [0.1, 0.15) is 125 Å². The fourth-order valence-corrected chi connectivity index (χ4v) is 3.50. The molecule has 0 aliphatic carbocycles. The summed E-state index contributed by atoms with van der Waals surface area (Å²) in [6, 6.07) is 0. The summed E-state index contributed by atoms with van der Waals surface area (Å²) < 4.78 is 5.32. The van der Waals surface area contributed by atoms with Crippen molar-refractivity contribution in [3.8, 4) is 0 Å². The van der Waals surface area contributed by atoms with Crippen molar-refractivity contribution in [2.24, 2.45) is 0 Å². The minimum Gasteiger partial charge on any atom is -0.444 e. The Balaban J connectivity index is 3.54. The van der Waals surface area contributed by atoms with Crippen LogP contribution in [0, 0.1) is 0 Å². The maximum absolute atomic E-state index is 11.6. The minimum atomic E-state index is -0.327. The Labute approximate surface area is 169 Å². The van der Waals surface area contributed by atoms with Crippen molar-refractivity contribution >= 4 is 5.97 Å². The van der Waals surface area contributed by atoms with Crippen molar-refractivity contribution < 1.29 is 9.53 Å². The predicted octanol–water partition coefficient (Wildman–Crippen LogP) is 7.30. The Bertz CT molecular complexity index is 390. The molecule has 27 heavy (non-hydrogen) atoms. The van der Waals surface area contributed by atoms with Crippen molar-refractivity contribution in [3.63, 3.8) is 0 Å². The molecule has 0 radical (unpaired) electrons. The van der Waals surface area contributed by atoms with Crippen LogP contribution in [-0.4, -0.2) is 17.7 Å². The summed E-state index contributed by atoms with van der Waals surface area (Å²) in [7, 11) is 0. The van der Waals surface area contributed by atoms with E-state index < -0.39 is 0 Å². The molecule has 0 amide bonds. The molecule has 1 unspecified atom stereocenters. The van der Waals surface area contributed by atoms with Crippen LogP contribution in [0.15, 0.2) is 12.2 Å². The molecule has 3 heteroatoms. The molecule has 0 bridgehead atoms. The number of rotatable bonds is 18. The SMILES string of the molecule is C=C(C)C(=O)OC(C)NC(C)(C)CCCCCCCCCCCCCCC. The third-order valence-corrected chi connectivity index (χ3v) is 5.13. The van der Waals surface area contributed by atoms with Crippen LogP contribution in [0.5, 0.6) is 0 Å². The lowest BCUT2D eigenvalue weighted by Gasteiger charge is -2.30. The summed E-state index contributed by atoms with van der Waals surface area (Å²) in [6.45, 7) is 13.8. The Kier molecular flexibility index (Phi) is 15.7. The number of hydrogen-bond acceptors (Lipinski definition) is 3. The van der Waals surface area contributed by atoms with Crippen LogP contribution in [-0.2, 0) is 9.53 Å². The normalized spacial score (nSPS) is 12.8. The zero-order chi connectivity index (χ0) is 20.5. The van der Waals surface area contributed by atoms with E-state index in [9.17, 15) is 4.79 Å². The molecule has 0 heterocycles. The predicted molar refractivity (Wildman–Crippen MR) is 118 cm³/mol. The van der Waals surface area contributed by atoms with Gasteiger partial charge in [-0.25, -0.2) is 4.79 Å². The second-order valence-electron chi connectivity index (χ2n) is 8.85. The van der Waals surface area contributed by atoms with Crippen LogP contribution in [0.4, 0.5) is 0 Å². The van der Waals surface area contributed by atoms with Gasteiger partial charge in [0.05, 0.1) is 0 Å². The molecule has 0 aromatic heterocycles. The number of hydrogen-bond donors (Lipinski definition) is 1. The summed E-state index contributed by atoms with van der Waals surface area (Å²) in [5, 5.41) is 3.40. The fraction of sp³-hybridized carbons (Fsp3) is 0.875. The molecule has 1 N–H and O–H groups in total. The van der Waals surface area contributed by atoms with Crippen LogP contribution in [0.25, 0.3) is 0 Å². The van der Waals surface area contributed by atoms with Gasteiger partial charge in [0.15, 0.2) is 6.23 Å². The Morgan fingerprint density at radius 3 is 1.70 bits per heavy atom. The Hall–Kier alpha value is -0.830. The van der Waals surface area contributed by atoms with E-state index in [0.29, 0.717) is 5.57 Å². The molecule has 0 spiro atoms. The number of nitrogens with one attached hydrogen (secondary N) is 1. The summed E-state index contributed by atoms with van der Waals surface area (Å²) in [5.74, 6) is -0.327. The highest BCUT2D eigenvalue weighted by atomic mass is 16.6. The lowest BCUT2D eigenvalue weighted by molar-refractivity contribution is -0.145. The third-order valence-electron chi connectivity index (χ3n) is 5.13. The largest absolute Gasteiger partial charge is 0.444 e. The number of carbonyl (C=O) groups is 1. The first kappa shape index (κ1) is 26.2. The summed E-state index contributed by atoms with van der Waals surface area (Å²) in [5.41, 5.74) is 0.421. The molecule has 0 aliphatic rings. The second kappa shape index (κ2) is 16.2. The highest BCUT2D eigenvalue weighted by molar-refractivity contribution is 5.87. The molecule has 0 fully saturated rings. The molecule has 0 rings (SSSR count). The van der Waals surface area contributed by atoms with Crippen LogP contribution in [0.3, 0.4) is 0 Å². The summed E-state index contributed by atoms with van der Waals surface area (Å²) >= 11 is 0. The van der Waals surface area contributed by atoms with Gasteiger partial charge in [-0.15, -0.1) is 0 Å². The maximum Gasteiger partial charge on any atom is 0.334 e. The van der Waals surface area contributed by atoms with Gasteiger partial charge in [0.25, 0.3) is 0 Å². The molecule has 3 nitrogen and oxygen atoms in total. The summed E-state index contributed by atoms with van der Waals surface area (Å²) in [6.07, 6.45) is 18.7. The van der Waals surface area contributed by atoms with Crippen molar-refractivity contribution in [3.05, 3.63) is 12.2 Å². The molecular formula is C24H47NO2. The van der Waals surface area contributed by atoms with Crippen molar-refractivity contribution in [2.45, 2.75) is 136 Å². The number of unbranched alkanes of at least 4 members (excludes halogenated alkanes) is 12. The number of esters is 1. The van der Waals surface area contributed by atoms with Gasteiger partial charge in [-0.05, 0) is 34.1 Å². The van der Waals surface area contributed by atoms with Gasteiger partial charge in [-0.1, -0.05) is 97.0 Å². The first-order chi connectivity index (χ1) is 12.8. The molecule has 0 aliphatic heterocycles. The minimum absolute atomic E-state index is 0.0213. The molecule has 0 saturated heterocycles. The molecular weight excluding hydrogens is 334 g/mol. The Morgan fingerprint density at radius 2 is 1.30 bits per heavy atom. The number of ether oxygens (including phenoxy) is 1. The average Bonchev–Trinajstić information content (AvgIpc) is 2.58. The van der Waals surface area contributed by atoms with E-state index in [1.165, 1.54) is 83.5 Å². The summed E-state index contributed by atoms with van der Waals surface area (Å²) in [4.78, 5) is 11.6. The van der Waals surface area contributed by atoms with E-state index in [1.54, 1.807) is 6.92 Å². The van der Waals surface area contributed by atoms with Crippen LogP contribution >= 0.6 is 0 Å². The van der Waals surface area contributed by atoms with E-state index in [1.807, 2.05) is 6.92 Å². The Morgan fingerprint density at radius 1 is 0.889 bits per heavy atom. The van der Waals surface area contributed by atoms with E-state index in [0.717, 1.165) is 6.42 Å². The molecule has 0 aromatic carbocycles. The maximum atomic E-state index is 11.6. The molecule has 0 saturated carbocycles. The zero-order valence-electron chi connectivity index (χ0n) is 19.0. The highest BCUT2D eigenvalue weighted by Gasteiger charge is 2.21. The van der Waals surface area contributed by atoms with Crippen molar-refractivity contribution in [1.29, 1.82) is 0 Å². The van der Waals surface area contributed by atoms with Crippen molar-refractivity contribution in [1.82, 2.24) is 5.32 Å². The standard InChI is InChI=1S/C24H47NO2/c1-7-8-9-10-11-12-13-14-15-16-17-18-19-20-24(5,6)25-22(4)27-23(26)21(2)3/h22,25H,2,7-20H2,1,3-6H3. The average molecular weight is 382 g/mol. The smallest absolute Gasteiger partial charge is 0.334 e. The van der Waals surface area contributed by atoms with Gasteiger partial charge in [0.1, 0.15) is 0 Å². The van der Waals surface area contributed by atoms with E-state index >= 15 is 0 Å². The first-order valence-electron chi connectivity index (χ1n) is 11.4. The monoisotopic (exact) mass is 381 g/mol. The van der Waals surface area contributed by atoms with Gasteiger partial charge in [-0.2, -0.15) is 0 Å². The first-order valence-corrected chi connectivity index (χ1v) is 11.4. The van der Waals surface area contributed by atoms with E-state index in [-0.39, 0.29) is 17.7 Å². The molecule has 1 atom stereocenters. The second-order valence-corrected chi connectivity index (χ2v) is 8.85. The van der Waals surface area contributed by atoms with Crippen LogP contribution < -0.4 is 5.32 Å². The van der Waals surface area contributed by atoms with E-state index in [4.69, 9.17) is 4.74 Å². The van der Waals surface area contributed by atoms with Crippen molar-refractivity contribution in [2.75, 3.05) is 0 Å². The number of carbonyl (C=O) groups excluding carboxylic acids is 1. The highest BCUT2D eigenvalue weighted by Crippen LogP contribution is 2.17. The topological polar surface area (TPSA) is 38.3 Å². The molecule has 160 valence electrons. The van der Waals surface area contributed by atoms with Gasteiger partial charge in [0, 0.05) is 11.1 Å². The lowest BCUT2D eigenvalue weighted by atomic mass is 9.95. The van der Waals surface area contributed by atoms with E-state index in [2.05, 4.69) is 32.7 Å². The quantitative estimate of drug-likeness (QED) is 0.117. The van der Waals surface area contributed by atoms with Gasteiger partial charge in [0.2, 0.25) is 0 Å². The molecule has 0 aromatic rings. The zero-order valence-corrected chi connectivity index (χ0v) is 19.0. The lowest BCUT2D eigenvalue weighted by Crippen LogP contribution is -2.46. The van der Waals surface area contributed by atoms with Gasteiger partial charge < -0.3 is 4.74 Å². The van der Waals surface area contributed by atoms with Gasteiger partial charge in [-0.3, -0.25) is 5.32 Å². The van der Waals surface area contributed by atoms with Gasteiger partial charge >= 0.3 is 5.97 Å². The third kappa shape index (κ3) is 17.0.